The quantitative estimate of drug-likeness (QED) is 0.558. The van der Waals surface area contributed by atoms with E-state index in [-0.39, 0.29) is 5.60 Å². The fraction of sp³-hybridized carbons (Fsp3) is 0.714. The van der Waals surface area contributed by atoms with E-state index in [4.69, 9.17) is 9.47 Å². The number of thioether (sulfide) groups is 1. The van der Waals surface area contributed by atoms with E-state index in [1.807, 2.05) is 26.2 Å². The summed E-state index contributed by atoms with van der Waals surface area (Å²) in [7, 11) is 1.71. The Morgan fingerprint density at radius 3 is 2.70 bits per heavy atom. The maximum Gasteiger partial charge on any atom is 0.219 e. The van der Waals surface area contributed by atoms with Crippen LogP contribution in [0.4, 0.5) is 5.82 Å². The molecule has 0 spiro atoms. The van der Waals surface area contributed by atoms with Gasteiger partial charge < -0.3 is 14.8 Å². The number of methoxy groups -OCH3 is 1. The zero-order chi connectivity index (χ0) is 15.0. The number of hydrogen-bond donors (Lipinski definition) is 1. The molecule has 0 atom stereocenters. The molecule has 6 heteroatoms. The number of nitrogens with one attached hydrogen (secondary N) is 1. The van der Waals surface area contributed by atoms with E-state index >= 15 is 0 Å². The summed E-state index contributed by atoms with van der Waals surface area (Å²) in [6.07, 6.45) is 3.81. The van der Waals surface area contributed by atoms with Gasteiger partial charge in [0, 0.05) is 26.1 Å². The topological polar surface area (TPSA) is 56.3 Å². The van der Waals surface area contributed by atoms with Crippen LogP contribution >= 0.6 is 11.8 Å². The van der Waals surface area contributed by atoms with Gasteiger partial charge in [0.1, 0.15) is 5.82 Å². The lowest BCUT2D eigenvalue weighted by Gasteiger charge is -2.22. The molecule has 0 aliphatic rings. The van der Waals surface area contributed by atoms with E-state index in [0.717, 1.165) is 25.2 Å². The van der Waals surface area contributed by atoms with Crippen molar-refractivity contribution < 1.29 is 9.47 Å². The van der Waals surface area contributed by atoms with Crippen molar-refractivity contribution in [3.63, 3.8) is 0 Å². The maximum absolute atomic E-state index is 5.72. The average Bonchev–Trinajstić information content (AvgIpc) is 2.44. The highest BCUT2D eigenvalue weighted by molar-refractivity contribution is 7.98. The normalized spacial score (nSPS) is 11.4. The van der Waals surface area contributed by atoms with Gasteiger partial charge in [0.05, 0.1) is 12.2 Å². The highest BCUT2D eigenvalue weighted by atomic mass is 32.2. The van der Waals surface area contributed by atoms with Crippen LogP contribution in [-0.4, -0.2) is 42.1 Å². The first-order valence-electron chi connectivity index (χ1n) is 6.85. The maximum atomic E-state index is 5.72. The van der Waals surface area contributed by atoms with Crippen LogP contribution in [0.3, 0.4) is 0 Å². The highest BCUT2D eigenvalue weighted by Gasteiger charge is 2.16. The van der Waals surface area contributed by atoms with Crippen LogP contribution in [0.5, 0.6) is 5.88 Å². The molecule has 1 rings (SSSR count). The smallest absolute Gasteiger partial charge is 0.219 e. The van der Waals surface area contributed by atoms with Gasteiger partial charge in [0.25, 0.3) is 0 Å². The summed E-state index contributed by atoms with van der Waals surface area (Å²) in [6, 6.07) is 1.84. The largest absolute Gasteiger partial charge is 0.477 e. The molecule has 0 aromatic carbocycles. The monoisotopic (exact) mass is 299 g/mol. The van der Waals surface area contributed by atoms with Gasteiger partial charge in [-0.1, -0.05) is 18.7 Å². The fourth-order valence-corrected chi connectivity index (χ4v) is 1.79. The van der Waals surface area contributed by atoms with Crippen LogP contribution < -0.4 is 10.1 Å². The minimum atomic E-state index is -0.182. The number of nitrogens with zero attached hydrogens (tertiary/aromatic N) is 2. The molecule has 0 bridgehead atoms. The Balaban J connectivity index is 2.64. The van der Waals surface area contributed by atoms with Gasteiger partial charge in [0.15, 0.2) is 5.16 Å². The van der Waals surface area contributed by atoms with E-state index in [1.54, 1.807) is 7.11 Å². The molecule has 0 radical (unpaired) electrons. The predicted molar refractivity (Wildman–Crippen MR) is 83.8 cm³/mol. The highest BCUT2D eigenvalue weighted by Crippen LogP contribution is 2.20. The molecule has 114 valence electrons. The number of anilines is 1. The van der Waals surface area contributed by atoms with E-state index in [0.29, 0.717) is 17.6 Å². The summed E-state index contributed by atoms with van der Waals surface area (Å²) < 4.78 is 11.1. The number of aromatic nitrogens is 2. The van der Waals surface area contributed by atoms with Crippen LogP contribution in [0.25, 0.3) is 0 Å². The molecule has 1 aromatic rings. The molecule has 0 amide bonds. The average molecular weight is 299 g/mol. The Kier molecular flexibility index (Phi) is 7.09. The van der Waals surface area contributed by atoms with Crippen molar-refractivity contribution in [3.05, 3.63) is 6.07 Å². The second-order valence-electron chi connectivity index (χ2n) is 5.07. The molecular weight excluding hydrogens is 274 g/mol. The molecule has 0 saturated heterocycles. The van der Waals surface area contributed by atoms with Gasteiger partial charge >= 0.3 is 0 Å². The van der Waals surface area contributed by atoms with Crippen molar-refractivity contribution in [2.24, 2.45) is 0 Å². The van der Waals surface area contributed by atoms with Gasteiger partial charge in [0.2, 0.25) is 5.88 Å². The SMILES string of the molecule is CCCNc1cc(OCCC(C)(C)OC)nc(SC)n1. The summed E-state index contributed by atoms with van der Waals surface area (Å²) in [4.78, 5) is 8.75. The molecule has 1 aromatic heterocycles. The Bertz CT molecular complexity index is 413. The summed E-state index contributed by atoms with van der Waals surface area (Å²) in [5, 5.41) is 3.97. The molecule has 0 fully saturated rings. The lowest BCUT2D eigenvalue weighted by Crippen LogP contribution is -2.25. The molecular formula is C14H25N3O2S. The zero-order valence-electron chi connectivity index (χ0n) is 13.0. The molecule has 1 N–H and O–H groups in total. The minimum absolute atomic E-state index is 0.182. The van der Waals surface area contributed by atoms with E-state index < -0.39 is 0 Å². The third kappa shape index (κ3) is 5.96. The summed E-state index contributed by atoms with van der Waals surface area (Å²) >= 11 is 1.51. The van der Waals surface area contributed by atoms with Gasteiger partial charge in [-0.2, -0.15) is 4.98 Å². The molecule has 0 aliphatic heterocycles. The Morgan fingerprint density at radius 1 is 1.35 bits per heavy atom. The molecule has 5 nitrogen and oxygen atoms in total. The Morgan fingerprint density at radius 2 is 2.10 bits per heavy atom. The summed E-state index contributed by atoms with van der Waals surface area (Å²) in [6.45, 7) is 7.66. The van der Waals surface area contributed by atoms with Crippen LogP contribution in [-0.2, 0) is 4.74 Å². The molecule has 0 unspecified atom stereocenters. The summed E-state index contributed by atoms with van der Waals surface area (Å²) in [5.41, 5.74) is -0.182. The molecule has 20 heavy (non-hydrogen) atoms. The Labute approximate surface area is 125 Å². The molecule has 1 heterocycles. The minimum Gasteiger partial charge on any atom is -0.477 e. The second-order valence-corrected chi connectivity index (χ2v) is 5.84. The lowest BCUT2D eigenvalue weighted by molar-refractivity contribution is 0.00503. The van der Waals surface area contributed by atoms with E-state index in [1.165, 1.54) is 11.8 Å². The fourth-order valence-electron chi connectivity index (χ4n) is 1.42. The number of hydrogen-bond acceptors (Lipinski definition) is 6. The van der Waals surface area contributed by atoms with Crippen molar-refractivity contribution in [2.45, 2.75) is 44.4 Å². The van der Waals surface area contributed by atoms with Crippen LogP contribution in [0.2, 0.25) is 0 Å². The zero-order valence-corrected chi connectivity index (χ0v) is 13.8. The number of rotatable bonds is 9. The molecule has 0 aliphatic carbocycles. The first-order chi connectivity index (χ1) is 9.50. The molecule has 0 saturated carbocycles. The second kappa shape index (κ2) is 8.32. The third-order valence-corrected chi connectivity index (χ3v) is 3.48. The lowest BCUT2D eigenvalue weighted by atomic mass is 10.1. The van der Waals surface area contributed by atoms with Crippen LogP contribution in [0.1, 0.15) is 33.6 Å². The number of ether oxygens (including phenoxy) is 2. The van der Waals surface area contributed by atoms with E-state index in [9.17, 15) is 0 Å². The first-order valence-corrected chi connectivity index (χ1v) is 8.08. The Hall–Kier alpha value is -1.01. The van der Waals surface area contributed by atoms with Crippen molar-refractivity contribution >= 4 is 17.6 Å². The standard InChI is InChI=1S/C14H25N3O2S/c1-6-8-15-11-10-12(17-13(16-11)20-5)19-9-7-14(2,3)18-4/h10H,6-9H2,1-5H3,(H,15,16,17). The van der Waals surface area contributed by atoms with Crippen molar-refractivity contribution in [2.75, 3.05) is 31.8 Å². The third-order valence-electron chi connectivity index (χ3n) is 2.93. The van der Waals surface area contributed by atoms with Crippen LogP contribution in [0, 0.1) is 0 Å². The van der Waals surface area contributed by atoms with Crippen molar-refractivity contribution in [3.8, 4) is 5.88 Å². The van der Waals surface area contributed by atoms with Gasteiger partial charge in [-0.05, 0) is 26.5 Å². The summed E-state index contributed by atoms with van der Waals surface area (Å²) in [5.74, 6) is 1.42. The first kappa shape index (κ1) is 17.0. The van der Waals surface area contributed by atoms with Gasteiger partial charge in [-0.25, -0.2) is 4.98 Å². The van der Waals surface area contributed by atoms with E-state index in [2.05, 4.69) is 22.2 Å². The van der Waals surface area contributed by atoms with Crippen molar-refractivity contribution in [1.29, 1.82) is 0 Å². The van der Waals surface area contributed by atoms with Gasteiger partial charge in [-0.15, -0.1) is 0 Å². The predicted octanol–water partition coefficient (Wildman–Crippen LogP) is 3.21. The van der Waals surface area contributed by atoms with Crippen molar-refractivity contribution in [1.82, 2.24) is 9.97 Å². The van der Waals surface area contributed by atoms with Gasteiger partial charge in [-0.3, -0.25) is 0 Å². The van der Waals surface area contributed by atoms with Crippen LogP contribution in [0.15, 0.2) is 11.2 Å².